The van der Waals surface area contributed by atoms with E-state index in [0.29, 0.717) is 0 Å². The molecule has 0 saturated carbocycles. The van der Waals surface area contributed by atoms with Crippen molar-refractivity contribution in [3.05, 3.63) is 48.0 Å². The van der Waals surface area contributed by atoms with Gasteiger partial charge < -0.3 is 4.74 Å². The molecule has 0 bridgehead atoms. The van der Waals surface area contributed by atoms with Crippen molar-refractivity contribution in [1.29, 1.82) is 0 Å². The first kappa shape index (κ1) is 16.0. The first-order chi connectivity index (χ1) is 11.0. The Labute approximate surface area is 138 Å². The van der Waals surface area contributed by atoms with E-state index in [0.717, 1.165) is 25.9 Å². The highest BCUT2D eigenvalue weighted by molar-refractivity contribution is 5.86. The molecule has 0 unspecified atom stereocenters. The summed E-state index contributed by atoms with van der Waals surface area (Å²) in [6.07, 6.45) is 1.75. The summed E-state index contributed by atoms with van der Waals surface area (Å²) < 4.78 is 4.90. The molecule has 0 spiro atoms. The largest absolute Gasteiger partial charge is 0.469 e. The van der Waals surface area contributed by atoms with Crippen LogP contribution in [0.1, 0.15) is 32.3 Å². The van der Waals surface area contributed by atoms with Gasteiger partial charge in [-0.1, -0.05) is 42.5 Å². The molecule has 1 aliphatic rings. The minimum Gasteiger partial charge on any atom is -0.469 e. The predicted octanol–water partition coefficient (Wildman–Crippen LogP) is 3.96. The third-order valence-corrected chi connectivity index (χ3v) is 5.27. The molecule has 2 aromatic carbocycles. The first-order valence-electron chi connectivity index (χ1n) is 8.35. The van der Waals surface area contributed by atoms with E-state index in [1.807, 2.05) is 0 Å². The number of esters is 1. The highest BCUT2D eigenvalue weighted by atomic mass is 16.5. The van der Waals surface area contributed by atoms with Crippen molar-refractivity contribution in [2.24, 2.45) is 5.92 Å². The van der Waals surface area contributed by atoms with E-state index < -0.39 is 0 Å². The number of piperidine rings is 1. The van der Waals surface area contributed by atoms with Gasteiger partial charge in [-0.3, -0.25) is 9.69 Å². The van der Waals surface area contributed by atoms with Crippen molar-refractivity contribution in [3.8, 4) is 0 Å². The van der Waals surface area contributed by atoms with Crippen LogP contribution in [0.2, 0.25) is 0 Å². The lowest BCUT2D eigenvalue weighted by molar-refractivity contribution is -0.147. The van der Waals surface area contributed by atoms with Gasteiger partial charge in [-0.25, -0.2) is 0 Å². The van der Waals surface area contributed by atoms with E-state index in [2.05, 4.69) is 61.2 Å². The molecular formula is C20H25NO2. The van der Waals surface area contributed by atoms with Crippen LogP contribution in [0.15, 0.2) is 42.5 Å². The van der Waals surface area contributed by atoms with Crippen LogP contribution in [0.3, 0.4) is 0 Å². The standard InChI is InChI=1S/C20H25NO2/c1-20(2,21-13-11-16(12-14-21)19(22)23-3)18-10-6-8-15-7-4-5-9-17(15)18/h4-10,16H,11-14H2,1-3H3. The fraction of sp³-hybridized carbons (Fsp3) is 0.450. The number of rotatable bonds is 3. The van der Waals surface area contributed by atoms with Gasteiger partial charge in [0.1, 0.15) is 0 Å². The van der Waals surface area contributed by atoms with Crippen molar-refractivity contribution in [3.63, 3.8) is 0 Å². The van der Waals surface area contributed by atoms with E-state index in [-0.39, 0.29) is 17.4 Å². The lowest BCUT2D eigenvalue weighted by Crippen LogP contribution is -2.47. The molecule has 1 saturated heterocycles. The zero-order valence-corrected chi connectivity index (χ0v) is 14.2. The summed E-state index contributed by atoms with van der Waals surface area (Å²) in [5.41, 5.74) is 1.30. The molecule has 2 aromatic rings. The molecule has 0 aliphatic carbocycles. The van der Waals surface area contributed by atoms with Crippen LogP contribution in [-0.4, -0.2) is 31.1 Å². The van der Waals surface area contributed by atoms with Crippen LogP contribution in [0.5, 0.6) is 0 Å². The molecule has 23 heavy (non-hydrogen) atoms. The monoisotopic (exact) mass is 311 g/mol. The Balaban J connectivity index is 1.85. The third kappa shape index (κ3) is 2.98. The summed E-state index contributed by atoms with van der Waals surface area (Å²) in [6.45, 7) is 6.42. The normalized spacial score (nSPS) is 17.3. The Hall–Kier alpha value is -1.87. The molecule has 3 nitrogen and oxygen atoms in total. The zero-order valence-electron chi connectivity index (χ0n) is 14.2. The van der Waals surface area contributed by atoms with Gasteiger partial charge in [0.25, 0.3) is 0 Å². The van der Waals surface area contributed by atoms with Gasteiger partial charge >= 0.3 is 5.97 Å². The average molecular weight is 311 g/mol. The molecule has 0 atom stereocenters. The zero-order chi connectivity index (χ0) is 16.4. The molecule has 1 heterocycles. The third-order valence-electron chi connectivity index (χ3n) is 5.27. The van der Waals surface area contributed by atoms with Gasteiger partial charge in [-0.15, -0.1) is 0 Å². The first-order valence-corrected chi connectivity index (χ1v) is 8.35. The number of ether oxygens (including phenoxy) is 1. The van der Waals surface area contributed by atoms with Crippen LogP contribution in [-0.2, 0) is 15.1 Å². The van der Waals surface area contributed by atoms with Crippen molar-refractivity contribution in [2.45, 2.75) is 32.2 Å². The van der Waals surface area contributed by atoms with Gasteiger partial charge in [0.2, 0.25) is 0 Å². The maximum absolute atomic E-state index is 11.7. The topological polar surface area (TPSA) is 29.5 Å². The minimum absolute atomic E-state index is 0.0536. The van der Waals surface area contributed by atoms with Gasteiger partial charge in [-0.05, 0) is 56.1 Å². The minimum atomic E-state index is -0.0624. The smallest absolute Gasteiger partial charge is 0.308 e. The van der Waals surface area contributed by atoms with Crippen molar-refractivity contribution < 1.29 is 9.53 Å². The Morgan fingerprint density at radius 2 is 1.74 bits per heavy atom. The second-order valence-electron chi connectivity index (χ2n) is 6.87. The van der Waals surface area contributed by atoms with E-state index in [9.17, 15) is 4.79 Å². The van der Waals surface area contributed by atoms with Crippen molar-refractivity contribution in [1.82, 2.24) is 4.90 Å². The van der Waals surface area contributed by atoms with Gasteiger partial charge in [-0.2, -0.15) is 0 Å². The summed E-state index contributed by atoms with van der Waals surface area (Å²) in [4.78, 5) is 14.2. The second kappa shape index (κ2) is 6.32. The molecule has 3 heteroatoms. The number of likely N-dealkylation sites (tertiary alicyclic amines) is 1. The number of hydrogen-bond acceptors (Lipinski definition) is 3. The fourth-order valence-electron chi connectivity index (χ4n) is 3.77. The highest BCUT2D eigenvalue weighted by Crippen LogP contribution is 2.36. The number of benzene rings is 2. The molecule has 0 amide bonds. The van der Waals surface area contributed by atoms with E-state index in [1.54, 1.807) is 0 Å². The molecular weight excluding hydrogens is 286 g/mol. The molecule has 1 fully saturated rings. The van der Waals surface area contributed by atoms with Gasteiger partial charge in [0, 0.05) is 5.54 Å². The predicted molar refractivity (Wildman–Crippen MR) is 93.3 cm³/mol. The van der Waals surface area contributed by atoms with Crippen LogP contribution >= 0.6 is 0 Å². The number of carbonyl (C=O) groups is 1. The van der Waals surface area contributed by atoms with Crippen LogP contribution < -0.4 is 0 Å². The van der Waals surface area contributed by atoms with Crippen LogP contribution in [0.25, 0.3) is 10.8 Å². The maximum Gasteiger partial charge on any atom is 0.308 e. The molecule has 0 radical (unpaired) electrons. The molecule has 3 rings (SSSR count). The number of carbonyl (C=O) groups excluding carboxylic acids is 1. The van der Waals surface area contributed by atoms with Crippen LogP contribution in [0, 0.1) is 5.92 Å². The molecule has 1 aliphatic heterocycles. The number of fused-ring (bicyclic) bond motifs is 1. The van der Waals surface area contributed by atoms with Gasteiger partial charge in [0.15, 0.2) is 0 Å². The van der Waals surface area contributed by atoms with Crippen molar-refractivity contribution >= 4 is 16.7 Å². The van der Waals surface area contributed by atoms with Gasteiger partial charge in [0.05, 0.1) is 13.0 Å². The lowest BCUT2D eigenvalue weighted by atomic mass is 9.85. The summed E-state index contributed by atoms with van der Waals surface area (Å²) in [5.74, 6) is -0.00724. The SMILES string of the molecule is COC(=O)C1CCN(C(C)(C)c2cccc3ccccc23)CC1. The Morgan fingerprint density at radius 1 is 1.09 bits per heavy atom. The fourth-order valence-corrected chi connectivity index (χ4v) is 3.77. The number of nitrogens with zero attached hydrogens (tertiary/aromatic N) is 1. The van der Waals surface area contributed by atoms with E-state index in [1.165, 1.54) is 23.4 Å². The quantitative estimate of drug-likeness (QED) is 0.804. The Kier molecular flexibility index (Phi) is 4.40. The lowest BCUT2D eigenvalue weighted by Gasteiger charge is -2.43. The highest BCUT2D eigenvalue weighted by Gasteiger charge is 2.35. The maximum atomic E-state index is 11.7. The van der Waals surface area contributed by atoms with E-state index >= 15 is 0 Å². The summed E-state index contributed by atoms with van der Waals surface area (Å²) in [6, 6.07) is 15.1. The number of methoxy groups -OCH3 is 1. The number of hydrogen-bond donors (Lipinski definition) is 0. The molecule has 0 N–H and O–H groups in total. The molecule has 0 aromatic heterocycles. The Bertz CT molecular complexity index is 694. The average Bonchev–Trinajstić information content (AvgIpc) is 2.60. The second-order valence-corrected chi connectivity index (χ2v) is 6.87. The summed E-state index contributed by atoms with van der Waals surface area (Å²) >= 11 is 0. The van der Waals surface area contributed by atoms with Crippen molar-refractivity contribution in [2.75, 3.05) is 20.2 Å². The summed E-state index contributed by atoms with van der Waals surface area (Å²) in [7, 11) is 1.48. The van der Waals surface area contributed by atoms with E-state index in [4.69, 9.17) is 4.74 Å². The molecule has 122 valence electrons. The Morgan fingerprint density at radius 3 is 2.43 bits per heavy atom. The summed E-state index contributed by atoms with van der Waals surface area (Å²) in [5, 5.41) is 2.60. The van der Waals surface area contributed by atoms with Crippen LogP contribution in [0.4, 0.5) is 0 Å².